The zero-order chi connectivity index (χ0) is 16.4. The summed E-state index contributed by atoms with van der Waals surface area (Å²) in [5.74, 6) is -0.0993. The van der Waals surface area contributed by atoms with Gasteiger partial charge in [-0.05, 0) is 43.2 Å². The van der Waals surface area contributed by atoms with Crippen LogP contribution in [0.3, 0.4) is 0 Å². The van der Waals surface area contributed by atoms with Crippen molar-refractivity contribution in [2.75, 3.05) is 12.4 Å². The van der Waals surface area contributed by atoms with Crippen molar-refractivity contribution in [2.45, 2.75) is 20.5 Å². The second-order valence-electron chi connectivity index (χ2n) is 5.41. The first-order valence-electron chi connectivity index (χ1n) is 7.35. The molecule has 118 valence electrons. The molecule has 0 aliphatic carbocycles. The van der Waals surface area contributed by atoms with E-state index in [-0.39, 0.29) is 5.91 Å². The van der Waals surface area contributed by atoms with E-state index in [4.69, 9.17) is 4.74 Å². The number of methoxy groups -OCH3 is 1. The summed E-state index contributed by atoms with van der Waals surface area (Å²) in [4.78, 5) is 18.7. The molecule has 1 aromatic carbocycles. The maximum atomic E-state index is 12.6. The van der Waals surface area contributed by atoms with Crippen LogP contribution in [0.5, 0.6) is 0 Å². The summed E-state index contributed by atoms with van der Waals surface area (Å²) in [7, 11) is 1.67. The molecule has 2 aromatic heterocycles. The van der Waals surface area contributed by atoms with E-state index < -0.39 is 0 Å². The van der Waals surface area contributed by atoms with Crippen molar-refractivity contribution in [3.05, 3.63) is 58.1 Å². The second kappa shape index (κ2) is 6.48. The van der Waals surface area contributed by atoms with E-state index >= 15 is 0 Å². The molecule has 0 radical (unpaired) electrons. The summed E-state index contributed by atoms with van der Waals surface area (Å²) >= 11 is 1.43. The lowest BCUT2D eigenvalue weighted by Gasteiger charge is -2.05. The molecule has 0 aliphatic heterocycles. The van der Waals surface area contributed by atoms with Gasteiger partial charge in [-0.2, -0.15) is 0 Å². The fourth-order valence-corrected chi connectivity index (χ4v) is 3.84. The third-order valence-electron chi connectivity index (χ3n) is 3.65. The molecular weight excluding hydrogens is 308 g/mol. The number of benzene rings is 1. The number of aryl methyl sites for hydroxylation is 2. The fraction of sp³-hybridized carbons (Fsp3) is 0.222. The van der Waals surface area contributed by atoms with Gasteiger partial charge in [0.15, 0.2) is 0 Å². The molecule has 1 amide bonds. The van der Waals surface area contributed by atoms with Gasteiger partial charge in [0, 0.05) is 23.9 Å². The first-order chi connectivity index (χ1) is 11.1. The molecule has 0 fully saturated rings. The highest BCUT2D eigenvalue weighted by Gasteiger charge is 2.19. The fourth-order valence-electron chi connectivity index (χ4n) is 2.67. The number of anilines is 1. The zero-order valence-electron chi connectivity index (χ0n) is 13.3. The highest BCUT2D eigenvalue weighted by Crippen LogP contribution is 2.33. The highest BCUT2D eigenvalue weighted by molar-refractivity contribution is 7.20. The highest BCUT2D eigenvalue weighted by atomic mass is 32.1. The Morgan fingerprint density at radius 2 is 2.00 bits per heavy atom. The molecule has 0 unspecified atom stereocenters. The number of carbonyl (C=O) groups excluding carboxylic acids is 1. The molecule has 0 atom stereocenters. The summed E-state index contributed by atoms with van der Waals surface area (Å²) in [6.07, 6.45) is 0. The molecule has 23 heavy (non-hydrogen) atoms. The van der Waals surface area contributed by atoms with Crippen LogP contribution < -0.4 is 5.32 Å². The molecule has 3 rings (SSSR count). The van der Waals surface area contributed by atoms with E-state index in [2.05, 4.69) is 10.3 Å². The van der Waals surface area contributed by atoms with Gasteiger partial charge >= 0.3 is 0 Å². The maximum Gasteiger partial charge on any atom is 0.266 e. The van der Waals surface area contributed by atoms with E-state index in [1.165, 1.54) is 11.3 Å². The Kier molecular flexibility index (Phi) is 4.41. The van der Waals surface area contributed by atoms with Crippen molar-refractivity contribution in [3.8, 4) is 0 Å². The number of para-hydroxylation sites is 1. The smallest absolute Gasteiger partial charge is 0.266 e. The monoisotopic (exact) mass is 326 g/mol. The van der Waals surface area contributed by atoms with Crippen LogP contribution in [0.4, 0.5) is 5.69 Å². The lowest BCUT2D eigenvalue weighted by atomic mass is 10.1. The van der Waals surface area contributed by atoms with Crippen LogP contribution in [0.15, 0.2) is 36.4 Å². The van der Waals surface area contributed by atoms with Crippen molar-refractivity contribution in [1.29, 1.82) is 0 Å². The van der Waals surface area contributed by atoms with Crippen LogP contribution in [-0.4, -0.2) is 18.0 Å². The Morgan fingerprint density at radius 1 is 1.26 bits per heavy atom. The van der Waals surface area contributed by atoms with Crippen molar-refractivity contribution in [2.24, 2.45) is 0 Å². The summed E-state index contributed by atoms with van der Waals surface area (Å²) in [5.41, 5.74) is 3.75. The summed E-state index contributed by atoms with van der Waals surface area (Å²) in [5, 5.41) is 3.97. The number of thiophene rings is 1. The lowest BCUT2D eigenvalue weighted by molar-refractivity contribution is 0.103. The molecule has 5 heteroatoms. The first kappa shape index (κ1) is 15.6. The average Bonchev–Trinajstić information content (AvgIpc) is 2.85. The summed E-state index contributed by atoms with van der Waals surface area (Å²) in [6, 6.07) is 11.5. The van der Waals surface area contributed by atoms with Crippen molar-refractivity contribution >= 4 is 33.1 Å². The number of ether oxygens (including phenoxy) is 1. The van der Waals surface area contributed by atoms with Gasteiger partial charge in [-0.25, -0.2) is 4.98 Å². The van der Waals surface area contributed by atoms with Gasteiger partial charge in [0.05, 0.1) is 11.5 Å². The maximum absolute atomic E-state index is 12.6. The number of pyridine rings is 1. The Morgan fingerprint density at radius 3 is 2.70 bits per heavy atom. The summed E-state index contributed by atoms with van der Waals surface area (Å²) in [6.45, 7) is 4.43. The van der Waals surface area contributed by atoms with Crippen LogP contribution in [0.1, 0.15) is 26.5 Å². The molecule has 0 aliphatic rings. The Labute approximate surface area is 139 Å². The normalized spacial score (nSPS) is 10.9. The number of rotatable bonds is 4. The van der Waals surface area contributed by atoms with Gasteiger partial charge in [-0.15, -0.1) is 11.3 Å². The van der Waals surface area contributed by atoms with Crippen LogP contribution in [-0.2, 0) is 11.3 Å². The van der Waals surface area contributed by atoms with E-state index in [9.17, 15) is 4.79 Å². The van der Waals surface area contributed by atoms with Gasteiger partial charge < -0.3 is 10.1 Å². The minimum Gasteiger partial charge on any atom is -0.380 e. The molecule has 0 spiro atoms. The molecule has 0 bridgehead atoms. The van der Waals surface area contributed by atoms with Gasteiger partial charge in [-0.3, -0.25) is 4.79 Å². The second-order valence-corrected chi connectivity index (χ2v) is 6.41. The molecule has 4 nitrogen and oxygen atoms in total. The molecule has 0 saturated carbocycles. The van der Waals surface area contributed by atoms with Crippen LogP contribution in [0, 0.1) is 13.8 Å². The number of carbonyl (C=O) groups is 1. The van der Waals surface area contributed by atoms with Gasteiger partial charge in [0.2, 0.25) is 0 Å². The van der Waals surface area contributed by atoms with Crippen LogP contribution in [0.2, 0.25) is 0 Å². The Bertz CT molecular complexity index is 856. The van der Waals surface area contributed by atoms with Gasteiger partial charge in [0.1, 0.15) is 4.83 Å². The SMILES string of the molecule is COCc1cc(C)nc2sc(C(=O)Nc3ccccc3)c(C)c12. The minimum atomic E-state index is -0.0993. The number of fused-ring (bicyclic) bond motifs is 1. The number of amides is 1. The third-order valence-corrected chi connectivity index (χ3v) is 4.83. The number of nitrogens with one attached hydrogen (secondary N) is 1. The number of nitrogens with zero attached hydrogens (tertiary/aromatic N) is 1. The predicted octanol–water partition coefficient (Wildman–Crippen LogP) is 4.31. The number of aromatic nitrogens is 1. The lowest BCUT2D eigenvalue weighted by Crippen LogP contribution is -2.11. The van der Waals surface area contributed by atoms with Crippen LogP contribution in [0.25, 0.3) is 10.2 Å². The molecule has 0 saturated heterocycles. The standard InChI is InChI=1S/C18H18N2O2S/c1-11-9-13(10-22-3)15-12(2)16(23-18(15)19-11)17(21)20-14-7-5-4-6-8-14/h4-9H,10H2,1-3H3,(H,20,21). The van der Waals surface area contributed by atoms with Crippen molar-refractivity contribution < 1.29 is 9.53 Å². The molecule has 3 aromatic rings. The summed E-state index contributed by atoms with van der Waals surface area (Å²) < 4.78 is 5.29. The van der Waals surface area contributed by atoms with E-state index in [0.717, 1.165) is 32.7 Å². The van der Waals surface area contributed by atoms with E-state index in [1.54, 1.807) is 7.11 Å². The Hall–Kier alpha value is -2.24. The van der Waals surface area contributed by atoms with Crippen LogP contribution >= 0.6 is 11.3 Å². The molecule has 2 heterocycles. The minimum absolute atomic E-state index is 0.0993. The quantitative estimate of drug-likeness (QED) is 0.777. The van der Waals surface area contributed by atoms with Gasteiger partial charge in [0.25, 0.3) is 5.91 Å². The molecule has 1 N–H and O–H groups in total. The largest absolute Gasteiger partial charge is 0.380 e. The predicted molar refractivity (Wildman–Crippen MR) is 94.2 cm³/mol. The third kappa shape index (κ3) is 3.11. The zero-order valence-corrected chi connectivity index (χ0v) is 14.2. The van der Waals surface area contributed by atoms with Gasteiger partial charge in [-0.1, -0.05) is 18.2 Å². The molecular formula is C18H18N2O2S. The first-order valence-corrected chi connectivity index (χ1v) is 8.16. The van der Waals surface area contributed by atoms with E-state index in [0.29, 0.717) is 11.5 Å². The Balaban J connectivity index is 2.03. The topological polar surface area (TPSA) is 51.2 Å². The number of hydrogen-bond acceptors (Lipinski definition) is 4. The van der Waals surface area contributed by atoms with E-state index in [1.807, 2.05) is 50.2 Å². The van der Waals surface area contributed by atoms with Crippen molar-refractivity contribution in [3.63, 3.8) is 0 Å². The number of hydrogen-bond donors (Lipinski definition) is 1. The average molecular weight is 326 g/mol. The van der Waals surface area contributed by atoms with Crippen molar-refractivity contribution in [1.82, 2.24) is 4.98 Å².